The molecule has 11 heteroatoms. The number of fused-ring (bicyclic) bond motifs is 1. The number of aromatic nitrogens is 2. The number of carbonyl (C=O) groups excluding carboxylic acids is 1. The Hall–Kier alpha value is -5.14. The average Bonchev–Trinajstić information content (AvgIpc) is 3.09. The van der Waals surface area contributed by atoms with Crippen LogP contribution in [0.1, 0.15) is 29.5 Å². The summed E-state index contributed by atoms with van der Waals surface area (Å²) in [6.07, 6.45) is 8.16. The maximum absolute atomic E-state index is 12.9. The third-order valence-electron chi connectivity index (χ3n) is 7.62. The van der Waals surface area contributed by atoms with E-state index in [4.69, 9.17) is 32.7 Å². The first-order chi connectivity index (χ1) is 23.0. The van der Waals surface area contributed by atoms with Crippen LogP contribution in [0.3, 0.4) is 0 Å². The van der Waals surface area contributed by atoms with Gasteiger partial charge in [0.1, 0.15) is 29.9 Å². The second-order valence-corrected chi connectivity index (χ2v) is 11.7. The molecule has 0 atom stereocenters. The molecule has 5 aromatic rings. The number of hydrogen-bond acceptors (Lipinski definition) is 8. The first-order valence-electron chi connectivity index (χ1n) is 15.0. The fraction of sp³-hybridized carbons (Fsp3) is 0.167. The summed E-state index contributed by atoms with van der Waals surface area (Å²) in [5, 5.41) is 21.3. The van der Waals surface area contributed by atoms with Crippen molar-refractivity contribution in [1.82, 2.24) is 20.6 Å². The minimum absolute atomic E-state index is 0.175. The van der Waals surface area contributed by atoms with Crippen LogP contribution in [0.25, 0.3) is 10.9 Å². The largest absolute Gasteiger partial charge is 0.487 e. The SMILES string of the molecule is N#Cc1cnc2cc(Oc3ccncc3)c(CNC(=O)C=C3CCNCC3)cc2c1Nc1ccc(OCc2ccccc2Cl)c(Cl)c1. The predicted molar refractivity (Wildman–Crippen MR) is 183 cm³/mol. The molecule has 1 aliphatic rings. The van der Waals surface area contributed by atoms with Gasteiger partial charge in [-0.2, -0.15) is 5.26 Å². The van der Waals surface area contributed by atoms with Crippen LogP contribution >= 0.6 is 23.2 Å². The zero-order valence-electron chi connectivity index (χ0n) is 25.2. The molecule has 9 nitrogen and oxygen atoms in total. The first-order valence-corrected chi connectivity index (χ1v) is 15.8. The van der Waals surface area contributed by atoms with E-state index in [1.165, 1.54) is 6.20 Å². The summed E-state index contributed by atoms with van der Waals surface area (Å²) in [6.45, 7) is 2.18. The van der Waals surface area contributed by atoms with Crippen LogP contribution in [0, 0.1) is 11.3 Å². The lowest BCUT2D eigenvalue weighted by molar-refractivity contribution is -0.116. The number of nitrogens with zero attached hydrogens (tertiary/aromatic N) is 3. The molecule has 1 saturated heterocycles. The van der Waals surface area contributed by atoms with Gasteiger partial charge in [0.2, 0.25) is 5.91 Å². The van der Waals surface area contributed by atoms with E-state index in [1.807, 2.05) is 30.3 Å². The Kier molecular flexibility index (Phi) is 10.1. The monoisotopic (exact) mass is 664 g/mol. The van der Waals surface area contributed by atoms with Gasteiger partial charge in [-0.05, 0) is 68.4 Å². The molecule has 0 radical (unpaired) electrons. The molecule has 1 amide bonds. The normalized spacial score (nSPS) is 12.7. The van der Waals surface area contributed by atoms with Crippen molar-refractivity contribution in [2.75, 3.05) is 18.4 Å². The number of piperidine rings is 1. The van der Waals surface area contributed by atoms with Crippen LogP contribution < -0.4 is 25.4 Å². The number of hydrogen-bond donors (Lipinski definition) is 3. The zero-order chi connectivity index (χ0) is 32.6. The van der Waals surface area contributed by atoms with Crippen LogP contribution in [-0.4, -0.2) is 29.0 Å². The van der Waals surface area contributed by atoms with Gasteiger partial charge in [-0.15, -0.1) is 0 Å². The van der Waals surface area contributed by atoms with E-state index in [9.17, 15) is 10.1 Å². The molecule has 6 rings (SSSR count). The van der Waals surface area contributed by atoms with Gasteiger partial charge in [-0.25, -0.2) is 0 Å². The third-order valence-corrected chi connectivity index (χ3v) is 8.29. The van der Waals surface area contributed by atoms with Gasteiger partial charge in [-0.1, -0.05) is 47.0 Å². The number of nitrogens with one attached hydrogen (secondary N) is 3. The Labute approximate surface area is 282 Å². The maximum Gasteiger partial charge on any atom is 0.244 e. The summed E-state index contributed by atoms with van der Waals surface area (Å²) in [5.41, 5.74) is 4.77. The fourth-order valence-corrected chi connectivity index (χ4v) is 5.60. The summed E-state index contributed by atoms with van der Waals surface area (Å²) in [5.74, 6) is 1.42. The summed E-state index contributed by atoms with van der Waals surface area (Å²) in [7, 11) is 0. The summed E-state index contributed by atoms with van der Waals surface area (Å²) >= 11 is 12.9. The smallest absolute Gasteiger partial charge is 0.244 e. The lowest BCUT2D eigenvalue weighted by Gasteiger charge is -2.17. The highest BCUT2D eigenvalue weighted by atomic mass is 35.5. The maximum atomic E-state index is 12.9. The Morgan fingerprint density at radius 3 is 2.55 bits per heavy atom. The van der Waals surface area contributed by atoms with Crippen molar-refractivity contribution >= 4 is 51.4 Å². The molecule has 47 heavy (non-hydrogen) atoms. The second kappa shape index (κ2) is 15.0. The van der Waals surface area contributed by atoms with Crippen molar-refractivity contribution in [3.05, 3.63) is 124 Å². The molecular weight excluding hydrogens is 635 g/mol. The van der Waals surface area contributed by atoms with E-state index < -0.39 is 0 Å². The molecule has 2 aromatic heterocycles. The Bertz CT molecular complexity index is 1990. The van der Waals surface area contributed by atoms with Crippen LogP contribution in [0.5, 0.6) is 17.2 Å². The van der Waals surface area contributed by atoms with Gasteiger partial charge in [0.15, 0.2) is 0 Å². The molecule has 3 heterocycles. The van der Waals surface area contributed by atoms with E-state index in [0.29, 0.717) is 60.7 Å². The average molecular weight is 666 g/mol. The zero-order valence-corrected chi connectivity index (χ0v) is 26.7. The van der Waals surface area contributed by atoms with Gasteiger partial charge < -0.3 is 25.4 Å². The molecule has 1 fully saturated rings. The highest BCUT2D eigenvalue weighted by molar-refractivity contribution is 6.32. The molecule has 0 saturated carbocycles. The number of benzene rings is 3. The van der Waals surface area contributed by atoms with Crippen molar-refractivity contribution in [2.45, 2.75) is 26.0 Å². The second-order valence-electron chi connectivity index (χ2n) is 10.8. The molecule has 3 N–H and O–H groups in total. The molecule has 0 bridgehead atoms. The number of halogens is 2. The van der Waals surface area contributed by atoms with Crippen molar-refractivity contribution in [3.8, 4) is 23.3 Å². The van der Waals surface area contributed by atoms with Gasteiger partial charge in [0.25, 0.3) is 0 Å². The highest BCUT2D eigenvalue weighted by Crippen LogP contribution is 2.37. The standard InChI is InChI=1S/C36H30Cl2N6O3/c37-30-4-2-1-3-24(30)22-46-33-6-5-27(17-31(33)38)44-36-26(19-39)21-42-32-18-34(47-28-9-13-41-14-10-28)25(16-29(32)36)20-43-35(45)15-23-7-11-40-12-8-23/h1-6,9-10,13-18,21,40H,7-8,11-12,20,22H2,(H,42,44)(H,43,45). The molecule has 0 aliphatic carbocycles. The van der Waals surface area contributed by atoms with E-state index in [-0.39, 0.29) is 19.1 Å². The molecule has 3 aromatic carbocycles. The van der Waals surface area contributed by atoms with Crippen molar-refractivity contribution in [1.29, 1.82) is 5.26 Å². The topological polar surface area (TPSA) is 121 Å². The lowest BCUT2D eigenvalue weighted by atomic mass is 10.0. The summed E-state index contributed by atoms with van der Waals surface area (Å²) < 4.78 is 12.2. The van der Waals surface area contributed by atoms with E-state index in [0.717, 1.165) is 37.1 Å². The van der Waals surface area contributed by atoms with Gasteiger partial charge in [0, 0.05) is 64.5 Å². The highest BCUT2D eigenvalue weighted by Gasteiger charge is 2.17. The van der Waals surface area contributed by atoms with E-state index in [2.05, 4.69) is 32.0 Å². The quantitative estimate of drug-likeness (QED) is 0.129. The molecular formula is C36H30Cl2N6O3. The number of amides is 1. The minimum Gasteiger partial charge on any atom is -0.487 e. The van der Waals surface area contributed by atoms with Gasteiger partial charge in [-0.3, -0.25) is 14.8 Å². The van der Waals surface area contributed by atoms with Crippen LogP contribution in [-0.2, 0) is 17.9 Å². The van der Waals surface area contributed by atoms with Crippen molar-refractivity contribution in [2.24, 2.45) is 0 Å². The summed E-state index contributed by atoms with van der Waals surface area (Å²) in [6, 6.07) is 22.2. The van der Waals surface area contributed by atoms with E-state index in [1.54, 1.807) is 54.9 Å². The third kappa shape index (κ3) is 7.99. The van der Waals surface area contributed by atoms with Crippen molar-refractivity contribution < 1.29 is 14.3 Å². The molecule has 0 unspecified atom stereocenters. The molecule has 236 valence electrons. The van der Waals surface area contributed by atoms with Crippen LogP contribution in [0.4, 0.5) is 11.4 Å². The number of nitriles is 1. The lowest BCUT2D eigenvalue weighted by Crippen LogP contribution is -2.25. The molecule has 1 aliphatic heterocycles. The summed E-state index contributed by atoms with van der Waals surface area (Å²) in [4.78, 5) is 21.5. The number of ether oxygens (including phenoxy) is 2. The first kappa shape index (κ1) is 31.8. The minimum atomic E-state index is -0.175. The Balaban J connectivity index is 1.30. The van der Waals surface area contributed by atoms with Gasteiger partial charge >= 0.3 is 0 Å². The van der Waals surface area contributed by atoms with E-state index >= 15 is 0 Å². The van der Waals surface area contributed by atoms with Crippen LogP contribution in [0.15, 0.2) is 97.0 Å². The van der Waals surface area contributed by atoms with Crippen molar-refractivity contribution in [3.63, 3.8) is 0 Å². The number of pyridine rings is 2. The Morgan fingerprint density at radius 1 is 0.979 bits per heavy atom. The van der Waals surface area contributed by atoms with Gasteiger partial charge in [0.05, 0.1) is 21.8 Å². The molecule has 0 spiro atoms. The predicted octanol–water partition coefficient (Wildman–Crippen LogP) is 7.85. The number of carbonyl (C=O) groups is 1. The Morgan fingerprint density at radius 2 is 1.79 bits per heavy atom. The number of rotatable bonds is 10. The fourth-order valence-electron chi connectivity index (χ4n) is 5.17. The number of anilines is 2. The van der Waals surface area contributed by atoms with Crippen LogP contribution in [0.2, 0.25) is 10.0 Å².